The Hall–Kier alpha value is -1.78. The highest BCUT2D eigenvalue weighted by Crippen LogP contribution is 2.17. The molecule has 25 heavy (non-hydrogen) atoms. The third-order valence-electron chi connectivity index (χ3n) is 4.47. The maximum atomic E-state index is 12.9. The predicted molar refractivity (Wildman–Crippen MR) is 101 cm³/mol. The molecule has 0 aliphatic rings. The van der Waals surface area contributed by atoms with Gasteiger partial charge in [-0.2, -0.15) is 0 Å². The summed E-state index contributed by atoms with van der Waals surface area (Å²) in [5.41, 5.74) is 0.607. The SMILES string of the molecule is CCCCCCN(CCC(=O)NC(C)CC)C(=O)c1cc(C)oc1C. The van der Waals surface area contributed by atoms with E-state index in [4.69, 9.17) is 4.42 Å². The average molecular weight is 351 g/mol. The van der Waals surface area contributed by atoms with Crippen molar-refractivity contribution in [3.05, 3.63) is 23.2 Å². The molecule has 0 saturated heterocycles. The van der Waals surface area contributed by atoms with E-state index in [-0.39, 0.29) is 17.9 Å². The zero-order valence-electron chi connectivity index (χ0n) is 16.5. The molecule has 0 aliphatic heterocycles. The summed E-state index contributed by atoms with van der Waals surface area (Å²) in [5.74, 6) is 1.34. The van der Waals surface area contributed by atoms with Gasteiger partial charge in [-0.25, -0.2) is 0 Å². The molecule has 0 aromatic carbocycles. The molecule has 1 rings (SSSR count). The largest absolute Gasteiger partial charge is 0.466 e. The number of hydrogen-bond donors (Lipinski definition) is 1. The number of nitrogens with one attached hydrogen (secondary N) is 1. The lowest BCUT2D eigenvalue weighted by Crippen LogP contribution is -2.38. The Morgan fingerprint density at radius 3 is 2.44 bits per heavy atom. The van der Waals surface area contributed by atoms with Crippen molar-refractivity contribution in [3.8, 4) is 0 Å². The monoisotopic (exact) mass is 350 g/mol. The predicted octanol–water partition coefficient (Wildman–Crippen LogP) is 4.22. The van der Waals surface area contributed by atoms with Crippen LogP contribution in [0.25, 0.3) is 0 Å². The Bertz CT molecular complexity index is 551. The van der Waals surface area contributed by atoms with Crippen LogP contribution in [-0.2, 0) is 4.79 Å². The van der Waals surface area contributed by atoms with Gasteiger partial charge < -0.3 is 14.6 Å². The van der Waals surface area contributed by atoms with Crippen LogP contribution in [-0.4, -0.2) is 35.8 Å². The van der Waals surface area contributed by atoms with E-state index >= 15 is 0 Å². The van der Waals surface area contributed by atoms with Crippen LogP contribution in [0.15, 0.2) is 10.5 Å². The van der Waals surface area contributed by atoms with E-state index in [9.17, 15) is 9.59 Å². The van der Waals surface area contributed by atoms with Crippen LogP contribution < -0.4 is 5.32 Å². The van der Waals surface area contributed by atoms with Crippen LogP contribution in [0.5, 0.6) is 0 Å². The molecule has 2 amide bonds. The normalized spacial score (nSPS) is 12.0. The molecule has 1 aromatic heterocycles. The first-order valence-electron chi connectivity index (χ1n) is 9.54. The van der Waals surface area contributed by atoms with E-state index in [1.165, 1.54) is 6.42 Å². The number of carbonyl (C=O) groups is 2. The Balaban J connectivity index is 2.69. The van der Waals surface area contributed by atoms with Crippen LogP contribution in [0.4, 0.5) is 0 Å². The second-order valence-corrected chi connectivity index (χ2v) is 6.81. The number of hydrogen-bond acceptors (Lipinski definition) is 3. The number of furan rings is 1. The minimum atomic E-state index is -0.0396. The van der Waals surface area contributed by atoms with E-state index in [2.05, 4.69) is 12.2 Å². The summed E-state index contributed by atoms with van der Waals surface area (Å²) in [7, 11) is 0. The lowest BCUT2D eigenvalue weighted by atomic mass is 10.1. The summed E-state index contributed by atoms with van der Waals surface area (Å²) in [4.78, 5) is 26.7. The topological polar surface area (TPSA) is 62.6 Å². The quantitative estimate of drug-likeness (QED) is 0.608. The molecule has 1 aromatic rings. The van der Waals surface area contributed by atoms with Gasteiger partial charge in [-0.3, -0.25) is 9.59 Å². The van der Waals surface area contributed by atoms with Crippen molar-refractivity contribution in [2.24, 2.45) is 0 Å². The van der Waals surface area contributed by atoms with Gasteiger partial charge in [0.05, 0.1) is 5.56 Å². The summed E-state index contributed by atoms with van der Waals surface area (Å²) in [5, 5.41) is 2.96. The highest BCUT2D eigenvalue weighted by atomic mass is 16.3. The van der Waals surface area contributed by atoms with Crippen molar-refractivity contribution < 1.29 is 14.0 Å². The van der Waals surface area contributed by atoms with Gasteiger partial charge in [0, 0.05) is 25.6 Å². The molecule has 1 heterocycles. The van der Waals surface area contributed by atoms with Gasteiger partial charge in [0.25, 0.3) is 5.91 Å². The zero-order chi connectivity index (χ0) is 18.8. The second kappa shape index (κ2) is 11.0. The molecule has 1 N–H and O–H groups in total. The van der Waals surface area contributed by atoms with Crippen LogP contribution in [0, 0.1) is 13.8 Å². The Morgan fingerprint density at radius 1 is 1.16 bits per heavy atom. The first-order chi connectivity index (χ1) is 11.9. The molecule has 1 atom stereocenters. The molecule has 0 saturated carbocycles. The lowest BCUT2D eigenvalue weighted by Gasteiger charge is -2.23. The van der Waals surface area contributed by atoms with E-state index in [1.54, 1.807) is 11.0 Å². The number of nitrogens with zero attached hydrogens (tertiary/aromatic N) is 1. The van der Waals surface area contributed by atoms with Crippen LogP contribution in [0.3, 0.4) is 0 Å². The third kappa shape index (κ3) is 7.32. The minimum absolute atomic E-state index is 0.000745. The van der Waals surface area contributed by atoms with E-state index in [0.717, 1.165) is 31.4 Å². The maximum Gasteiger partial charge on any atom is 0.257 e. The summed E-state index contributed by atoms with van der Waals surface area (Å²) in [6, 6.07) is 1.95. The number of unbranched alkanes of at least 4 members (excludes halogenated alkanes) is 3. The minimum Gasteiger partial charge on any atom is -0.466 e. The summed E-state index contributed by atoms with van der Waals surface area (Å²) in [6.07, 6.45) is 5.62. The maximum absolute atomic E-state index is 12.9. The molecule has 0 bridgehead atoms. The fraction of sp³-hybridized carbons (Fsp3) is 0.700. The van der Waals surface area contributed by atoms with Gasteiger partial charge in [-0.15, -0.1) is 0 Å². The number of rotatable bonds is 11. The fourth-order valence-electron chi connectivity index (χ4n) is 2.74. The molecular weight excluding hydrogens is 316 g/mol. The van der Waals surface area contributed by atoms with Gasteiger partial charge in [0.2, 0.25) is 5.91 Å². The molecule has 0 radical (unpaired) electrons. The average Bonchev–Trinajstić information content (AvgIpc) is 2.91. The van der Waals surface area contributed by atoms with Crippen molar-refractivity contribution in [3.63, 3.8) is 0 Å². The Labute approximate surface area is 152 Å². The van der Waals surface area contributed by atoms with E-state index < -0.39 is 0 Å². The van der Waals surface area contributed by atoms with Gasteiger partial charge >= 0.3 is 0 Å². The van der Waals surface area contributed by atoms with Crippen molar-refractivity contribution in [2.75, 3.05) is 13.1 Å². The van der Waals surface area contributed by atoms with Crippen molar-refractivity contribution in [1.82, 2.24) is 10.2 Å². The standard InChI is InChI=1S/C20H34N2O3/c1-6-8-9-10-12-22(13-11-19(23)21-15(3)7-2)20(24)18-14-16(4)25-17(18)5/h14-15H,6-13H2,1-5H3,(H,21,23). The molecule has 0 aliphatic carbocycles. The van der Waals surface area contributed by atoms with Gasteiger partial charge in [-0.1, -0.05) is 33.1 Å². The number of aryl methyl sites for hydroxylation is 2. The first kappa shape index (κ1) is 21.3. The molecular formula is C20H34N2O3. The zero-order valence-corrected chi connectivity index (χ0v) is 16.5. The molecule has 0 fully saturated rings. The fourth-order valence-corrected chi connectivity index (χ4v) is 2.74. The number of amides is 2. The molecule has 1 unspecified atom stereocenters. The van der Waals surface area contributed by atoms with E-state index in [1.807, 2.05) is 27.7 Å². The highest BCUT2D eigenvalue weighted by Gasteiger charge is 2.21. The van der Waals surface area contributed by atoms with Crippen LogP contribution >= 0.6 is 0 Å². The van der Waals surface area contributed by atoms with Crippen LogP contribution in [0.1, 0.15) is 81.2 Å². The summed E-state index contributed by atoms with van der Waals surface area (Å²) >= 11 is 0. The number of carbonyl (C=O) groups excluding carboxylic acids is 2. The molecule has 0 spiro atoms. The second-order valence-electron chi connectivity index (χ2n) is 6.81. The molecule has 5 heteroatoms. The van der Waals surface area contributed by atoms with Crippen molar-refractivity contribution in [2.45, 2.75) is 79.2 Å². The molecule has 142 valence electrons. The van der Waals surface area contributed by atoms with Gasteiger partial charge in [0.1, 0.15) is 11.5 Å². The Kier molecular flexibility index (Phi) is 9.32. The Morgan fingerprint density at radius 2 is 1.88 bits per heavy atom. The summed E-state index contributed by atoms with van der Waals surface area (Å²) in [6.45, 7) is 11.0. The van der Waals surface area contributed by atoms with Gasteiger partial charge in [0.15, 0.2) is 0 Å². The van der Waals surface area contributed by atoms with Crippen molar-refractivity contribution >= 4 is 11.8 Å². The summed E-state index contributed by atoms with van der Waals surface area (Å²) < 4.78 is 5.49. The smallest absolute Gasteiger partial charge is 0.257 e. The van der Waals surface area contributed by atoms with Gasteiger partial charge in [-0.05, 0) is 39.7 Å². The molecule has 5 nitrogen and oxygen atoms in total. The first-order valence-corrected chi connectivity index (χ1v) is 9.54. The van der Waals surface area contributed by atoms with Crippen LogP contribution in [0.2, 0.25) is 0 Å². The third-order valence-corrected chi connectivity index (χ3v) is 4.47. The van der Waals surface area contributed by atoms with E-state index in [0.29, 0.717) is 30.8 Å². The van der Waals surface area contributed by atoms with Crippen molar-refractivity contribution in [1.29, 1.82) is 0 Å². The lowest BCUT2D eigenvalue weighted by molar-refractivity contribution is -0.121. The highest BCUT2D eigenvalue weighted by molar-refractivity contribution is 5.95.